The number of halogens is 3. The van der Waals surface area contributed by atoms with Crippen LogP contribution < -0.4 is 16.6 Å². The van der Waals surface area contributed by atoms with Crippen LogP contribution in [0.1, 0.15) is 29.8 Å². The molecule has 4 N–H and O–H groups in total. The number of carbonyl (C=O) groups excluding carboxylic acids is 1. The van der Waals surface area contributed by atoms with Gasteiger partial charge in [-0.25, -0.2) is 4.98 Å². The smallest absolute Gasteiger partial charge is 0.366 e. The molecular weight excluding hydrogens is 495 g/mol. The first kappa shape index (κ1) is 27.1. The monoisotopic (exact) mass is 525 g/mol. The van der Waals surface area contributed by atoms with Crippen LogP contribution in [0.4, 0.5) is 19.0 Å². The zero-order valence-corrected chi connectivity index (χ0v) is 21.6. The van der Waals surface area contributed by atoms with Gasteiger partial charge in [0.1, 0.15) is 11.9 Å². The van der Waals surface area contributed by atoms with Crippen molar-refractivity contribution in [2.24, 2.45) is 11.7 Å². The Balaban J connectivity index is 1.92. The fourth-order valence-corrected chi connectivity index (χ4v) is 4.59. The van der Waals surface area contributed by atoms with E-state index in [1.165, 1.54) is 20.0 Å². The van der Waals surface area contributed by atoms with Crippen LogP contribution in [0.15, 0.2) is 53.5 Å². The normalized spacial score (nSPS) is 13.0. The number of fused-ring (bicyclic) bond motifs is 3. The van der Waals surface area contributed by atoms with E-state index >= 15 is 0 Å². The SMILES string of the molecule is CC(C)[C@@H](Nc1nc2cc[nH]c(=O)c2c2cc(-c3ccc(C(N)=O)c(CCN(C)C)c3)ccc12)C(F)(F)F. The average molecular weight is 526 g/mol. The molecule has 200 valence electrons. The number of primary amides is 1. The molecule has 0 fully saturated rings. The number of rotatable bonds is 8. The van der Waals surface area contributed by atoms with Crippen molar-refractivity contribution in [3.63, 3.8) is 0 Å². The number of nitrogens with two attached hydrogens (primary N) is 1. The minimum Gasteiger partial charge on any atom is -0.366 e. The fraction of sp³-hybridized carbons (Fsp3) is 0.321. The van der Waals surface area contributed by atoms with Crippen LogP contribution in [0.3, 0.4) is 0 Å². The highest BCUT2D eigenvalue weighted by molar-refractivity contribution is 6.11. The van der Waals surface area contributed by atoms with Crippen molar-refractivity contribution >= 4 is 33.4 Å². The number of amides is 1. The molecule has 0 bridgehead atoms. The second-order valence-electron chi connectivity index (χ2n) is 9.98. The average Bonchev–Trinajstić information content (AvgIpc) is 2.84. The molecule has 4 aromatic rings. The van der Waals surface area contributed by atoms with E-state index < -0.39 is 29.6 Å². The molecule has 0 aliphatic carbocycles. The summed E-state index contributed by atoms with van der Waals surface area (Å²) in [6.07, 6.45) is -2.47. The lowest BCUT2D eigenvalue weighted by molar-refractivity contribution is -0.150. The molecule has 4 rings (SSSR count). The second-order valence-corrected chi connectivity index (χ2v) is 9.98. The molecule has 1 atom stereocenters. The second kappa shape index (κ2) is 10.4. The number of aromatic nitrogens is 2. The van der Waals surface area contributed by atoms with Crippen LogP contribution in [0.5, 0.6) is 0 Å². The predicted octanol–water partition coefficient (Wildman–Crippen LogP) is 4.95. The highest BCUT2D eigenvalue weighted by atomic mass is 19.4. The number of alkyl halides is 3. The predicted molar refractivity (Wildman–Crippen MR) is 144 cm³/mol. The quantitative estimate of drug-likeness (QED) is 0.283. The van der Waals surface area contributed by atoms with E-state index in [1.54, 1.807) is 36.4 Å². The van der Waals surface area contributed by atoms with Crippen molar-refractivity contribution in [2.75, 3.05) is 26.0 Å². The van der Waals surface area contributed by atoms with Gasteiger partial charge in [0.2, 0.25) is 5.91 Å². The molecule has 0 spiro atoms. The van der Waals surface area contributed by atoms with Crippen LogP contribution in [0.25, 0.3) is 32.8 Å². The molecule has 0 saturated heterocycles. The van der Waals surface area contributed by atoms with Gasteiger partial charge in [-0.3, -0.25) is 9.59 Å². The Morgan fingerprint density at radius 2 is 1.76 bits per heavy atom. The number of carbonyl (C=O) groups is 1. The minimum atomic E-state index is -4.49. The number of pyridine rings is 2. The molecule has 0 aliphatic rings. The molecule has 0 saturated carbocycles. The molecule has 1 amide bonds. The Labute approximate surface area is 217 Å². The first-order chi connectivity index (χ1) is 17.9. The molecule has 0 radical (unpaired) electrons. The highest BCUT2D eigenvalue weighted by Crippen LogP contribution is 2.35. The summed E-state index contributed by atoms with van der Waals surface area (Å²) in [6, 6.07) is 10.3. The maximum atomic E-state index is 13.8. The van der Waals surface area contributed by atoms with Crippen molar-refractivity contribution in [1.82, 2.24) is 14.9 Å². The number of anilines is 1. The third-order valence-electron chi connectivity index (χ3n) is 6.56. The lowest BCUT2D eigenvalue weighted by Crippen LogP contribution is -2.40. The summed E-state index contributed by atoms with van der Waals surface area (Å²) in [4.78, 5) is 33.8. The fourth-order valence-electron chi connectivity index (χ4n) is 4.59. The van der Waals surface area contributed by atoms with Crippen LogP contribution in [0, 0.1) is 5.92 Å². The number of aromatic amines is 1. The van der Waals surface area contributed by atoms with E-state index in [9.17, 15) is 22.8 Å². The van der Waals surface area contributed by atoms with Crippen molar-refractivity contribution in [3.8, 4) is 11.1 Å². The lowest BCUT2D eigenvalue weighted by atomic mass is 9.94. The van der Waals surface area contributed by atoms with E-state index in [0.717, 1.165) is 16.7 Å². The molecule has 2 aromatic heterocycles. The Morgan fingerprint density at radius 1 is 1.08 bits per heavy atom. The molecule has 2 heterocycles. The van der Waals surface area contributed by atoms with Gasteiger partial charge in [0.15, 0.2) is 0 Å². The Bertz CT molecular complexity index is 1560. The number of nitrogens with one attached hydrogen (secondary N) is 2. The third kappa shape index (κ3) is 5.50. The largest absolute Gasteiger partial charge is 0.408 e. The molecule has 10 heteroatoms. The van der Waals surface area contributed by atoms with E-state index in [-0.39, 0.29) is 16.7 Å². The Morgan fingerprint density at radius 3 is 2.39 bits per heavy atom. The molecular formula is C28H30F3N5O2. The summed E-state index contributed by atoms with van der Waals surface area (Å²) in [5, 5.41) is 3.73. The van der Waals surface area contributed by atoms with Gasteiger partial charge in [-0.05, 0) is 61.3 Å². The molecule has 0 aliphatic heterocycles. The van der Waals surface area contributed by atoms with Crippen molar-refractivity contribution in [3.05, 3.63) is 70.1 Å². The molecule has 38 heavy (non-hydrogen) atoms. The highest BCUT2D eigenvalue weighted by Gasteiger charge is 2.42. The van der Waals surface area contributed by atoms with E-state index in [4.69, 9.17) is 5.73 Å². The van der Waals surface area contributed by atoms with Gasteiger partial charge < -0.3 is 20.9 Å². The first-order valence-electron chi connectivity index (χ1n) is 12.2. The van der Waals surface area contributed by atoms with Gasteiger partial charge in [0, 0.05) is 29.1 Å². The van der Waals surface area contributed by atoms with Gasteiger partial charge in [0.25, 0.3) is 5.56 Å². The minimum absolute atomic E-state index is 0.0522. The van der Waals surface area contributed by atoms with E-state index in [1.807, 2.05) is 25.1 Å². The summed E-state index contributed by atoms with van der Waals surface area (Å²) in [5.74, 6) is -1.21. The maximum absolute atomic E-state index is 13.8. The van der Waals surface area contributed by atoms with E-state index in [0.29, 0.717) is 29.3 Å². The molecule has 2 aromatic carbocycles. The van der Waals surface area contributed by atoms with Gasteiger partial charge in [-0.2, -0.15) is 13.2 Å². The topological polar surface area (TPSA) is 104 Å². The van der Waals surface area contributed by atoms with Crippen molar-refractivity contribution in [2.45, 2.75) is 32.5 Å². The number of likely N-dealkylation sites (N-methyl/N-ethyl adjacent to an activating group) is 1. The summed E-state index contributed by atoms with van der Waals surface area (Å²) in [5.41, 5.74) is 8.21. The third-order valence-corrected chi connectivity index (χ3v) is 6.56. The van der Waals surface area contributed by atoms with Gasteiger partial charge >= 0.3 is 6.18 Å². The molecule has 0 unspecified atom stereocenters. The van der Waals surface area contributed by atoms with Crippen LogP contribution in [-0.2, 0) is 6.42 Å². The summed E-state index contributed by atoms with van der Waals surface area (Å²) >= 11 is 0. The van der Waals surface area contributed by atoms with Crippen LogP contribution in [0.2, 0.25) is 0 Å². The summed E-state index contributed by atoms with van der Waals surface area (Å²) in [7, 11) is 3.87. The van der Waals surface area contributed by atoms with Gasteiger partial charge in [0.05, 0.1) is 10.9 Å². The van der Waals surface area contributed by atoms with Gasteiger partial charge in [-0.15, -0.1) is 0 Å². The number of hydrogen-bond acceptors (Lipinski definition) is 5. The van der Waals surface area contributed by atoms with Crippen molar-refractivity contribution < 1.29 is 18.0 Å². The zero-order valence-electron chi connectivity index (χ0n) is 21.6. The first-order valence-corrected chi connectivity index (χ1v) is 12.2. The molecule has 7 nitrogen and oxygen atoms in total. The van der Waals surface area contributed by atoms with Crippen LogP contribution in [-0.4, -0.2) is 53.6 Å². The standard InChI is InChI=1S/C28H30F3N5O2/c1-15(2)24(28(29,30)31)35-26-20-8-6-17(14-21(20)23-22(34-26)9-11-33-27(23)38)16-5-7-19(25(32)37)18(13-16)10-12-36(3)4/h5-9,11,13-15,24H,10,12H2,1-4H3,(H2,32,37)(H,33,38)(H,34,35)/t24-/m1/s1. The number of H-pyrrole nitrogens is 1. The van der Waals surface area contributed by atoms with E-state index in [2.05, 4.69) is 15.3 Å². The maximum Gasteiger partial charge on any atom is 0.408 e. The Kier molecular flexibility index (Phi) is 7.46. The lowest BCUT2D eigenvalue weighted by Gasteiger charge is -2.26. The Hall–Kier alpha value is -3.92. The zero-order chi connectivity index (χ0) is 27.8. The summed E-state index contributed by atoms with van der Waals surface area (Å²) in [6.45, 7) is 3.68. The number of hydrogen-bond donors (Lipinski definition) is 3. The van der Waals surface area contributed by atoms with Crippen LogP contribution >= 0.6 is 0 Å². The number of nitrogens with zero attached hydrogens (tertiary/aromatic N) is 2. The van der Waals surface area contributed by atoms with Crippen molar-refractivity contribution in [1.29, 1.82) is 0 Å². The number of benzene rings is 2. The summed E-state index contributed by atoms with van der Waals surface area (Å²) < 4.78 is 41.3. The van der Waals surface area contributed by atoms with Gasteiger partial charge in [-0.1, -0.05) is 38.1 Å².